The molecule has 0 bridgehead atoms. The Morgan fingerprint density at radius 3 is 0.711 bits per heavy atom. The Balaban J connectivity index is 0.000000115. The number of para-hydroxylation sites is 1. The van der Waals surface area contributed by atoms with E-state index in [0.29, 0.717) is 0 Å². The van der Waals surface area contributed by atoms with Crippen molar-refractivity contribution in [1.82, 2.24) is 0 Å². The Labute approximate surface area is 668 Å². The zero-order chi connectivity index (χ0) is 76.1. The van der Waals surface area contributed by atoms with Gasteiger partial charge in [-0.05, 0) is 200 Å². The van der Waals surface area contributed by atoms with Crippen LogP contribution in [0.5, 0.6) is 0 Å². The van der Waals surface area contributed by atoms with E-state index in [1.807, 2.05) is 6.07 Å². The lowest BCUT2D eigenvalue weighted by Gasteiger charge is -2.35. The van der Waals surface area contributed by atoms with Crippen LogP contribution in [0.25, 0.3) is 66.8 Å². The Kier molecular flexibility index (Phi) is 18.8. The molecule has 18 aromatic rings. The van der Waals surface area contributed by atoms with Gasteiger partial charge in [-0.2, -0.15) is 0 Å². The molecule has 0 heterocycles. The number of nitrogens with one attached hydrogen (secondary N) is 3. The average Bonchev–Trinajstić information content (AvgIpc) is 1.57. The van der Waals surface area contributed by atoms with Crippen LogP contribution in [-0.2, 0) is 16.2 Å². The number of benzene rings is 18. The molecule has 0 amide bonds. The number of rotatable bonds is 15. The molecule has 540 valence electrons. The average molecular weight is 1460 g/mol. The summed E-state index contributed by atoms with van der Waals surface area (Å²) >= 11 is 0. The third-order valence-corrected chi connectivity index (χ3v) is 23.3. The maximum atomic E-state index is 3.78. The predicted molar refractivity (Wildman–Crippen MR) is 477 cm³/mol. The fraction of sp³-hybridized carbons (Fsp3) is 0.0270. The summed E-state index contributed by atoms with van der Waals surface area (Å²) < 4.78 is 0. The number of hydrogen-bond donors (Lipinski definition) is 3. The molecule has 0 saturated carbocycles. The second kappa shape index (κ2) is 30.7. The molecule has 0 spiro atoms. The van der Waals surface area contributed by atoms with Crippen molar-refractivity contribution in [3.8, 4) is 66.8 Å². The third kappa shape index (κ3) is 12.6. The van der Waals surface area contributed by atoms with Crippen LogP contribution in [0.3, 0.4) is 0 Å². The summed E-state index contributed by atoms with van der Waals surface area (Å²) in [6, 6.07) is 170. The highest BCUT2D eigenvalue weighted by atomic mass is 14.9. The van der Waals surface area contributed by atoms with Crippen molar-refractivity contribution in [2.75, 3.05) is 16.0 Å². The van der Waals surface area contributed by atoms with Crippen LogP contribution >= 0.6 is 0 Å². The molecule has 0 aromatic heterocycles. The van der Waals surface area contributed by atoms with Gasteiger partial charge in [0.2, 0.25) is 0 Å². The normalized spacial score (nSPS) is 12.9. The summed E-state index contributed by atoms with van der Waals surface area (Å²) in [5.41, 5.74) is 36.0. The summed E-state index contributed by atoms with van der Waals surface area (Å²) in [6.45, 7) is 0. The van der Waals surface area contributed by atoms with Crippen molar-refractivity contribution in [2.45, 2.75) is 16.2 Å². The lowest BCUT2D eigenvalue weighted by atomic mass is 9.67. The lowest BCUT2D eigenvalue weighted by Crippen LogP contribution is -2.29. The molecule has 0 fully saturated rings. The van der Waals surface area contributed by atoms with E-state index >= 15 is 0 Å². The smallest absolute Gasteiger partial charge is 0.0733 e. The van der Waals surface area contributed by atoms with Gasteiger partial charge in [-0.25, -0.2) is 0 Å². The first-order valence-electron chi connectivity index (χ1n) is 39.4. The Morgan fingerprint density at radius 2 is 0.360 bits per heavy atom. The van der Waals surface area contributed by atoms with Crippen molar-refractivity contribution in [3.63, 3.8) is 0 Å². The predicted octanol–water partition coefficient (Wildman–Crippen LogP) is 28.4. The topological polar surface area (TPSA) is 36.1 Å². The van der Waals surface area contributed by atoms with Gasteiger partial charge in [0.05, 0.1) is 16.2 Å². The van der Waals surface area contributed by atoms with E-state index in [-0.39, 0.29) is 10.8 Å². The van der Waals surface area contributed by atoms with Crippen LogP contribution in [0.2, 0.25) is 0 Å². The summed E-state index contributed by atoms with van der Waals surface area (Å²) in [5, 5.41) is 11.0. The SMILES string of the molecule is c1ccc(-c2ccc(Nc3ccc(C4(c5ccccc5)c5ccccc5-c5ccccc54)cc3)cc2)cc1.c1ccc(-c2ccc(Nc3cccc(C4(c5ccccc5)c5ccccc5-c5ccccc54)c3)cc2)cc1.c1ccc(-c2ccc(Nc3ccccc3C3(c4ccccc4)c4ccccc4-c4ccccc43)cc2)cc1. The highest BCUT2D eigenvalue weighted by molar-refractivity contribution is 5.91. The van der Waals surface area contributed by atoms with Gasteiger partial charge in [0, 0.05) is 34.1 Å². The summed E-state index contributed by atoms with van der Waals surface area (Å²) in [7, 11) is 0. The highest BCUT2D eigenvalue weighted by Crippen LogP contribution is 2.60. The molecule has 3 nitrogen and oxygen atoms in total. The Bertz CT molecular complexity index is 6250. The standard InChI is InChI=1S/3C37H27N/c1-3-13-27(14-4-1)28-23-25-30(26-24-28)38-36-22-12-11-21-35(36)37(29-15-5-2-6-16-29)33-19-9-7-17-31(33)32-18-8-10-20-34(32)37;1-3-12-27(13-4-1)28-22-24-31(25-23-28)38-32-17-11-16-30(26-32)37(29-14-5-2-6-15-29)35-20-9-7-18-33(35)34-19-8-10-21-36(34)37;1-3-11-27(12-4-1)28-19-23-31(24-20-28)38-32-25-21-30(22-26-32)37(29-13-5-2-6-14-29)35-17-9-7-15-33(35)34-16-8-10-18-36(34)37/h3*1-26,38H. The zero-order valence-electron chi connectivity index (χ0n) is 63.0. The highest BCUT2D eigenvalue weighted by Gasteiger charge is 2.49. The minimum atomic E-state index is -0.429. The Morgan fingerprint density at radius 1 is 0.132 bits per heavy atom. The molecule has 3 heteroatoms. The van der Waals surface area contributed by atoms with Gasteiger partial charge in [-0.3, -0.25) is 0 Å². The fourth-order valence-corrected chi connectivity index (χ4v) is 18.3. The number of fused-ring (bicyclic) bond motifs is 9. The zero-order valence-corrected chi connectivity index (χ0v) is 63.0. The molecular formula is C111H81N3. The van der Waals surface area contributed by atoms with E-state index in [1.165, 1.54) is 134 Å². The van der Waals surface area contributed by atoms with Gasteiger partial charge < -0.3 is 16.0 Å². The Hall–Kier alpha value is -14.6. The second-order valence-electron chi connectivity index (χ2n) is 29.5. The molecule has 21 rings (SSSR count). The molecule has 114 heavy (non-hydrogen) atoms. The second-order valence-corrected chi connectivity index (χ2v) is 29.5. The molecule has 18 aromatic carbocycles. The minimum absolute atomic E-state index is 0.357. The summed E-state index contributed by atoms with van der Waals surface area (Å²) in [4.78, 5) is 0. The maximum Gasteiger partial charge on any atom is 0.0733 e. The lowest BCUT2D eigenvalue weighted by molar-refractivity contribution is 0.768. The minimum Gasteiger partial charge on any atom is -0.356 e. The molecule has 0 unspecified atom stereocenters. The van der Waals surface area contributed by atoms with Crippen LogP contribution in [-0.4, -0.2) is 0 Å². The first kappa shape index (κ1) is 69.8. The van der Waals surface area contributed by atoms with Gasteiger partial charge in [0.15, 0.2) is 0 Å². The molecule has 3 aliphatic carbocycles. The first-order valence-corrected chi connectivity index (χ1v) is 39.4. The third-order valence-electron chi connectivity index (χ3n) is 23.3. The summed E-state index contributed by atoms with van der Waals surface area (Å²) in [5.74, 6) is 0. The molecule has 0 atom stereocenters. The van der Waals surface area contributed by atoms with Crippen molar-refractivity contribution in [1.29, 1.82) is 0 Å². The van der Waals surface area contributed by atoms with E-state index in [2.05, 4.69) is 483 Å². The van der Waals surface area contributed by atoms with Gasteiger partial charge in [0.1, 0.15) is 0 Å². The van der Waals surface area contributed by atoms with E-state index in [4.69, 9.17) is 0 Å². The van der Waals surface area contributed by atoms with Crippen LogP contribution in [0.1, 0.15) is 66.8 Å². The van der Waals surface area contributed by atoms with Crippen LogP contribution in [0.15, 0.2) is 473 Å². The van der Waals surface area contributed by atoms with Crippen molar-refractivity contribution < 1.29 is 0 Å². The molecule has 3 N–H and O–H groups in total. The molecule has 0 radical (unpaired) electrons. The monoisotopic (exact) mass is 1460 g/mol. The van der Waals surface area contributed by atoms with Crippen LogP contribution < -0.4 is 16.0 Å². The van der Waals surface area contributed by atoms with E-state index in [1.54, 1.807) is 0 Å². The number of hydrogen-bond acceptors (Lipinski definition) is 3. The van der Waals surface area contributed by atoms with E-state index < -0.39 is 5.41 Å². The van der Waals surface area contributed by atoms with Gasteiger partial charge in [0.25, 0.3) is 0 Å². The van der Waals surface area contributed by atoms with Gasteiger partial charge >= 0.3 is 0 Å². The van der Waals surface area contributed by atoms with Crippen LogP contribution in [0.4, 0.5) is 34.1 Å². The van der Waals surface area contributed by atoms with E-state index in [0.717, 1.165) is 34.1 Å². The largest absolute Gasteiger partial charge is 0.356 e. The van der Waals surface area contributed by atoms with Crippen molar-refractivity contribution in [3.05, 3.63) is 540 Å². The molecule has 0 saturated heterocycles. The molecular weight excluding hydrogens is 1380 g/mol. The quantitative estimate of drug-likeness (QED) is 0.0957. The molecule has 0 aliphatic heterocycles. The van der Waals surface area contributed by atoms with Crippen molar-refractivity contribution in [2.24, 2.45) is 0 Å². The van der Waals surface area contributed by atoms with Gasteiger partial charge in [-0.15, -0.1) is 0 Å². The van der Waals surface area contributed by atoms with E-state index in [9.17, 15) is 0 Å². The molecule has 3 aliphatic rings. The van der Waals surface area contributed by atoms with Crippen LogP contribution in [0, 0.1) is 0 Å². The maximum absolute atomic E-state index is 3.78. The number of anilines is 6. The van der Waals surface area contributed by atoms with Crippen molar-refractivity contribution >= 4 is 34.1 Å². The first-order chi connectivity index (χ1) is 56.5. The van der Waals surface area contributed by atoms with Gasteiger partial charge in [-0.1, -0.05) is 406 Å². The fourth-order valence-electron chi connectivity index (χ4n) is 18.3. The summed E-state index contributed by atoms with van der Waals surface area (Å²) in [6.07, 6.45) is 0.